The number of nitrogens with zero attached hydrogens (tertiary/aromatic N) is 1. The summed E-state index contributed by atoms with van der Waals surface area (Å²) >= 11 is 0. The van der Waals surface area contributed by atoms with E-state index in [0.29, 0.717) is 6.42 Å². The predicted octanol–water partition coefficient (Wildman–Crippen LogP) is -3.33. The molecule has 0 aliphatic heterocycles. The van der Waals surface area contributed by atoms with Crippen LogP contribution in [0.3, 0.4) is 0 Å². The molecule has 0 aliphatic carbocycles. The van der Waals surface area contributed by atoms with Gasteiger partial charge in [-0.05, 0) is 18.8 Å². The molecule has 0 aromatic rings. The molecule has 14 heteroatoms. The van der Waals surface area contributed by atoms with E-state index in [-0.39, 0.29) is 24.8 Å². The molecular weight excluding hydrogens is 414 g/mol. The molecule has 3 amide bonds. The van der Waals surface area contributed by atoms with E-state index in [1.54, 1.807) is 13.8 Å². The van der Waals surface area contributed by atoms with Crippen molar-refractivity contribution in [1.82, 2.24) is 16.0 Å². The number of nitrogens with two attached hydrogens (primary N) is 3. The van der Waals surface area contributed by atoms with Crippen molar-refractivity contribution in [2.75, 3.05) is 13.1 Å². The normalized spacial score (nSPS) is 13.4. The number of nitrogens with one attached hydrogen (secondary N) is 3. The highest BCUT2D eigenvalue weighted by Crippen LogP contribution is 2.03. The highest BCUT2D eigenvalue weighted by Gasteiger charge is 2.26. The number of carboxylic acids is 2. The molecular formula is C17H31N7O7. The summed E-state index contributed by atoms with van der Waals surface area (Å²) in [5, 5.41) is 24.4. The van der Waals surface area contributed by atoms with Gasteiger partial charge in [0.25, 0.3) is 0 Å². The van der Waals surface area contributed by atoms with E-state index in [4.69, 9.17) is 27.4 Å². The number of carbonyl (C=O) groups excluding carboxylic acids is 3. The number of carboxylic acid groups (broad SMARTS) is 2. The third-order valence-corrected chi connectivity index (χ3v) is 4.03. The Morgan fingerprint density at radius 2 is 1.58 bits per heavy atom. The van der Waals surface area contributed by atoms with Crippen LogP contribution in [0.2, 0.25) is 0 Å². The minimum absolute atomic E-state index is 0.127. The van der Waals surface area contributed by atoms with Gasteiger partial charge in [-0.2, -0.15) is 0 Å². The Hall–Kier alpha value is -3.42. The number of hydrogen-bond acceptors (Lipinski definition) is 7. The fraction of sp³-hybridized carbons (Fsp3) is 0.647. The lowest BCUT2D eigenvalue weighted by molar-refractivity contribution is -0.147. The molecule has 31 heavy (non-hydrogen) atoms. The van der Waals surface area contributed by atoms with Crippen molar-refractivity contribution in [3.63, 3.8) is 0 Å². The van der Waals surface area contributed by atoms with E-state index < -0.39 is 60.8 Å². The first-order valence-electron chi connectivity index (χ1n) is 9.48. The maximum Gasteiger partial charge on any atom is 0.326 e. The second kappa shape index (κ2) is 13.7. The number of rotatable bonds is 14. The zero-order valence-electron chi connectivity index (χ0n) is 17.5. The Morgan fingerprint density at radius 3 is 2.06 bits per heavy atom. The maximum absolute atomic E-state index is 12.5. The monoisotopic (exact) mass is 445 g/mol. The van der Waals surface area contributed by atoms with E-state index in [1.807, 2.05) is 5.32 Å². The average molecular weight is 445 g/mol. The van der Waals surface area contributed by atoms with Crippen LogP contribution in [0.1, 0.15) is 33.1 Å². The van der Waals surface area contributed by atoms with Gasteiger partial charge >= 0.3 is 11.9 Å². The lowest BCUT2D eigenvalue weighted by Crippen LogP contribution is -2.54. The Balaban J connectivity index is 4.97. The van der Waals surface area contributed by atoms with Crippen molar-refractivity contribution in [1.29, 1.82) is 0 Å². The molecule has 0 heterocycles. The Bertz CT molecular complexity index is 692. The number of carbonyl (C=O) groups is 5. The summed E-state index contributed by atoms with van der Waals surface area (Å²) in [5.41, 5.74) is 16.3. The van der Waals surface area contributed by atoms with Gasteiger partial charge in [0, 0.05) is 6.54 Å². The minimum Gasteiger partial charge on any atom is -0.481 e. The largest absolute Gasteiger partial charge is 0.481 e. The van der Waals surface area contributed by atoms with Crippen molar-refractivity contribution >= 4 is 35.6 Å². The third kappa shape index (κ3) is 12.0. The second-order valence-corrected chi connectivity index (χ2v) is 7.05. The van der Waals surface area contributed by atoms with Gasteiger partial charge in [0.15, 0.2) is 5.96 Å². The minimum atomic E-state index is -1.65. The van der Waals surface area contributed by atoms with Gasteiger partial charge in [0.05, 0.1) is 19.0 Å². The van der Waals surface area contributed by atoms with Crippen LogP contribution in [0.4, 0.5) is 0 Å². The molecule has 0 aromatic carbocycles. The molecule has 0 saturated heterocycles. The molecule has 0 radical (unpaired) electrons. The van der Waals surface area contributed by atoms with E-state index in [0.717, 1.165) is 0 Å². The van der Waals surface area contributed by atoms with E-state index in [9.17, 15) is 24.0 Å². The number of aliphatic imine (C=N–C) groups is 1. The van der Waals surface area contributed by atoms with Crippen LogP contribution in [-0.4, -0.2) is 77.0 Å². The molecule has 0 aliphatic rings. The Labute approximate surface area is 179 Å². The number of amides is 3. The van der Waals surface area contributed by atoms with E-state index >= 15 is 0 Å². The van der Waals surface area contributed by atoms with Gasteiger partial charge in [0.2, 0.25) is 17.7 Å². The quantitative estimate of drug-likeness (QED) is 0.0749. The Morgan fingerprint density at radius 1 is 0.968 bits per heavy atom. The van der Waals surface area contributed by atoms with Gasteiger partial charge in [-0.3, -0.25) is 24.2 Å². The SMILES string of the molecule is CC(C)[C@H](N)C(=O)N[C@@H](CCCN=C(N)N)C(=O)NCC(=O)N[C@@H](CC(=O)O)C(=O)O. The van der Waals surface area contributed by atoms with Gasteiger partial charge in [-0.25, -0.2) is 4.79 Å². The maximum atomic E-state index is 12.5. The molecule has 14 nitrogen and oxygen atoms in total. The summed E-state index contributed by atoms with van der Waals surface area (Å²) in [7, 11) is 0. The highest BCUT2D eigenvalue weighted by molar-refractivity contribution is 5.93. The second-order valence-electron chi connectivity index (χ2n) is 7.05. The summed E-state index contributed by atoms with van der Waals surface area (Å²) in [6, 6.07) is -3.56. The molecule has 0 rings (SSSR count). The molecule has 11 N–H and O–H groups in total. The van der Waals surface area contributed by atoms with Crippen molar-refractivity contribution in [2.24, 2.45) is 28.1 Å². The third-order valence-electron chi connectivity index (χ3n) is 4.03. The summed E-state index contributed by atoms with van der Waals surface area (Å²) in [6.45, 7) is 3.05. The first-order valence-corrected chi connectivity index (χ1v) is 9.48. The zero-order chi connectivity index (χ0) is 24.1. The summed E-state index contributed by atoms with van der Waals surface area (Å²) < 4.78 is 0. The van der Waals surface area contributed by atoms with Gasteiger partial charge < -0.3 is 43.4 Å². The molecule has 0 aromatic heterocycles. The van der Waals surface area contributed by atoms with Gasteiger partial charge in [0.1, 0.15) is 12.1 Å². The van der Waals surface area contributed by atoms with Crippen molar-refractivity contribution < 1.29 is 34.2 Å². The van der Waals surface area contributed by atoms with E-state index in [2.05, 4.69) is 15.6 Å². The zero-order valence-corrected chi connectivity index (χ0v) is 17.5. The molecule has 3 atom stereocenters. The number of guanidine groups is 1. The smallest absolute Gasteiger partial charge is 0.326 e. The summed E-state index contributed by atoms with van der Waals surface area (Å²) in [6.07, 6.45) is -0.359. The van der Waals surface area contributed by atoms with E-state index in [1.165, 1.54) is 0 Å². The van der Waals surface area contributed by atoms with Gasteiger partial charge in [-0.15, -0.1) is 0 Å². The standard InChI is InChI=1S/C17H31N7O7/c1-8(2)13(18)15(29)24-9(4-3-5-21-17(19)20)14(28)22-7-11(25)23-10(16(30)31)6-12(26)27/h8-10,13H,3-7,18H2,1-2H3,(H,22,28)(H,23,25)(H,24,29)(H,26,27)(H,30,31)(H4,19,20,21)/t9-,10-,13-/m0/s1. The van der Waals surface area contributed by atoms with Crippen LogP contribution < -0.4 is 33.2 Å². The lowest BCUT2D eigenvalue weighted by atomic mass is 10.0. The van der Waals surface area contributed by atoms with Crippen molar-refractivity contribution in [3.05, 3.63) is 0 Å². The number of hydrogen-bond donors (Lipinski definition) is 8. The summed E-state index contributed by atoms with van der Waals surface area (Å²) in [5.74, 6) is -5.44. The van der Waals surface area contributed by atoms with Gasteiger partial charge in [-0.1, -0.05) is 13.8 Å². The fourth-order valence-electron chi connectivity index (χ4n) is 2.25. The van der Waals surface area contributed by atoms with Crippen LogP contribution in [0.25, 0.3) is 0 Å². The summed E-state index contributed by atoms with van der Waals surface area (Å²) in [4.78, 5) is 62.0. The lowest BCUT2D eigenvalue weighted by Gasteiger charge is -2.22. The molecule has 0 bridgehead atoms. The topological polar surface area (TPSA) is 252 Å². The molecule has 0 unspecified atom stereocenters. The first-order chi connectivity index (χ1) is 14.3. The van der Waals surface area contributed by atoms with Crippen LogP contribution >= 0.6 is 0 Å². The molecule has 0 fully saturated rings. The number of aliphatic carboxylic acids is 2. The van der Waals surface area contributed by atoms with Crippen LogP contribution in [0.15, 0.2) is 4.99 Å². The Kier molecular flexibility index (Phi) is 12.2. The predicted molar refractivity (Wildman–Crippen MR) is 109 cm³/mol. The highest BCUT2D eigenvalue weighted by atomic mass is 16.4. The van der Waals surface area contributed by atoms with Crippen molar-refractivity contribution in [3.8, 4) is 0 Å². The first kappa shape index (κ1) is 27.6. The van der Waals surface area contributed by atoms with Crippen LogP contribution in [-0.2, 0) is 24.0 Å². The molecule has 176 valence electrons. The van der Waals surface area contributed by atoms with Crippen LogP contribution in [0.5, 0.6) is 0 Å². The average Bonchev–Trinajstić information content (AvgIpc) is 2.66. The van der Waals surface area contributed by atoms with Crippen molar-refractivity contribution in [2.45, 2.75) is 51.2 Å². The molecule has 0 saturated carbocycles. The van der Waals surface area contributed by atoms with Crippen LogP contribution in [0, 0.1) is 5.92 Å². The molecule has 0 spiro atoms. The fourth-order valence-corrected chi connectivity index (χ4v) is 2.25.